The largest absolute Gasteiger partial charge is 0.290 e. The van der Waals surface area contributed by atoms with Crippen LogP contribution in [0.25, 0.3) is 0 Å². The lowest BCUT2D eigenvalue weighted by atomic mass is 10.0. The van der Waals surface area contributed by atoms with Crippen LogP contribution in [-0.4, -0.2) is 16.8 Å². The maximum absolute atomic E-state index is 10.7. The Balaban J connectivity index is 2.09. The molecule has 1 aliphatic heterocycles. The Bertz CT molecular complexity index is 354. The highest BCUT2D eigenvalue weighted by molar-refractivity contribution is 7.96. The minimum Gasteiger partial charge on any atom is -0.280 e. The quantitative estimate of drug-likeness (QED) is 0.687. The van der Waals surface area contributed by atoms with Crippen molar-refractivity contribution in [2.45, 2.75) is 13.0 Å². The summed E-state index contributed by atoms with van der Waals surface area (Å²) in [5.74, 6) is 0. The lowest BCUT2D eigenvalue weighted by Gasteiger charge is -2.28. The first-order valence-corrected chi connectivity index (χ1v) is 5.02. The first-order chi connectivity index (χ1) is 6.75. The van der Waals surface area contributed by atoms with Crippen LogP contribution < -0.4 is 5.43 Å². The minimum atomic E-state index is -0.301. The molecule has 0 unspecified atom stereocenters. The normalized spacial score (nSPS) is 16.1. The molecule has 1 aliphatic rings. The summed E-state index contributed by atoms with van der Waals surface area (Å²) < 4.78 is 0. The van der Waals surface area contributed by atoms with Crippen LogP contribution >= 0.6 is 12.6 Å². The van der Waals surface area contributed by atoms with Crippen LogP contribution in [0.1, 0.15) is 11.1 Å². The Morgan fingerprint density at radius 3 is 2.79 bits per heavy atom. The third-order valence-corrected chi connectivity index (χ3v) is 2.48. The van der Waals surface area contributed by atoms with E-state index in [1.54, 1.807) is 0 Å². The molecule has 0 aliphatic carbocycles. The molecular formula is C10H12N2OS. The van der Waals surface area contributed by atoms with E-state index in [9.17, 15) is 4.79 Å². The van der Waals surface area contributed by atoms with Crippen molar-refractivity contribution in [2.75, 3.05) is 6.54 Å². The molecule has 2 rings (SSSR count). The lowest BCUT2D eigenvalue weighted by Crippen LogP contribution is -2.42. The van der Waals surface area contributed by atoms with Crippen molar-refractivity contribution in [1.29, 1.82) is 0 Å². The highest BCUT2D eigenvalue weighted by atomic mass is 32.1. The van der Waals surface area contributed by atoms with Crippen molar-refractivity contribution in [1.82, 2.24) is 10.4 Å². The molecule has 1 amide bonds. The summed E-state index contributed by atoms with van der Waals surface area (Å²) in [5, 5.41) is 1.59. The van der Waals surface area contributed by atoms with Gasteiger partial charge in [0.25, 0.3) is 5.24 Å². The Kier molecular flexibility index (Phi) is 2.74. The number of hydrogen-bond donors (Lipinski definition) is 2. The zero-order chi connectivity index (χ0) is 9.97. The Hall–Kier alpha value is -1.00. The van der Waals surface area contributed by atoms with Crippen LogP contribution in [-0.2, 0) is 13.0 Å². The van der Waals surface area contributed by atoms with E-state index in [1.807, 2.05) is 17.1 Å². The van der Waals surface area contributed by atoms with Gasteiger partial charge in [-0.1, -0.05) is 36.9 Å². The second-order valence-electron chi connectivity index (χ2n) is 3.36. The monoisotopic (exact) mass is 208 g/mol. The molecule has 1 N–H and O–H groups in total. The van der Waals surface area contributed by atoms with Gasteiger partial charge in [0.2, 0.25) is 0 Å². The van der Waals surface area contributed by atoms with Gasteiger partial charge in [-0.3, -0.25) is 10.2 Å². The molecule has 0 radical (unpaired) electrons. The Morgan fingerprint density at radius 2 is 2.07 bits per heavy atom. The van der Waals surface area contributed by atoms with Crippen molar-refractivity contribution >= 4 is 17.9 Å². The number of nitrogens with zero attached hydrogens (tertiary/aromatic N) is 1. The topological polar surface area (TPSA) is 32.3 Å². The number of rotatable bonds is 1. The zero-order valence-corrected chi connectivity index (χ0v) is 8.63. The molecule has 0 saturated heterocycles. The Morgan fingerprint density at radius 1 is 1.36 bits per heavy atom. The fraction of sp³-hybridized carbons (Fsp3) is 0.300. The number of thiol groups is 1. The van der Waals surface area contributed by atoms with Crippen LogP contribution in [0.3, 0.4) is 0 Å². The average Bonchev–Trinajstić information content (AvgIpc) is 2.17. The lowest BCUT2D eigenvalue weighted by molar-refractivity contribution is 0.180. The predicted molar refractivity (Wildman–Crippen MR) is 58.1 cm³/mol. The summed E-state index contributed by atoms with van der Waals surface area (Å²) >= 11 is 3.69. The van der Waals surface area contributed by atoms with Crippen molar-refractivity contribution in [3.63, 3.8) is 0 Å². The first-order valence-electron chi connectivity index (χ1n) is 4.57. The number of carbonyl (C=O) groups excluding carboxylic acids is 1. The van der Waals surface area contributed by atoms with Crippen LogP contribution in [0.5, 0.6) is 0 Å². The number of benzene rings is 1. The molecule has 0 bridgehead atoms. The van der Waals surface area contributed by atoms with Gasteiger partial charge in [0.05, 0.1) is 0 Å². The summed E-state index contributed by atoms with van der Waals surface area (Å²) in [7, 11) is 0. The van der Waals surface area contributed by atoms with E-state index in [4.69, 9.17) is 0 Å². The van der Waals surface area contributed by atoms with Gasteiger partial charge in [-0.2, -0.15) is 0 Å². The molecule has 74 valence electrons. The van der Waals surface area contributed by atoms with Crippen LogP contribution in [0.4, 0.5) is 4.79 Å². The molecule has 0 aromatic heterocycles. The second-order valence-corrected chi connectivity index (χ2v) is 3.76. The van der Waals surface area contributed by atoms with Crippen molar-refractivity contribution in [2.24, 2.45) is 0 Å². The molecule has 1 heterocycles. The molecule has 0 spiro atoms. The first kappa shape index (κ1) is 9.55. The molecular weight excluding hydrogens is 196 g/mol. The third-order valence-electron chi connectivity index (χ3n) is 2.38. The van der Waals surface area contributed by atoms with Crippen molar-refractivity contribution < 1.29 is 4.79 Å². The summed E-state index contributed by atoms with van der Waals surface area (Å²) in [4.78, 5) is 10.7. The predicted octanol–water partition coefficient (Wildman–Crippen LogP) is 1.60. The summed E-state index contributed by atoms with van der Waals surface area (Å²) in [5.41, 5.74) is 5.33. The van der Waals surface area contributed by atoms with E-state index in [0.717, 1.165) is 19.5 Å². The number of fused-ring (bicyclic) bond motifs is 1. The Labute approximate surface area is 88.5 Å². The van der Waals surface area contributed by atoms with Gasteiger partial charge in [-0.25, -0.2) is 5.01 Å². The number of nitrogens with one attached hydrogen (secondary N) is 1. The molecule has 3 nitrogen and oxygen atoms in total. The molecule has 14 heavy (non-hydrogen) atoms. The maximum Gasteiger partial charge on any atom is 0.290 e. The fourth-order valence-corrected chi connectivity index (χ4v) is 1.87. The number of carbonyl (C=O) groups is 1. The molecule has 1 aromatic rings. The fourth-order valence-electron chi connectivity index (χ4n) is 1.73. The zero-order valence-electron chi connectivity index (χ0n) is 7.73. The van der Waals surface area contributed by atoms with Crippen molar-refractivity contribution in [3.8, 4) is 0 Å². The summed E-state index contributed by atoms with van der Waals surface area (Å²) in [6, 6.07) is 8.29. The average molecular weight is 208 g/mol. The van der Waals surface area contributed by atoms with E-state index in [0.29, 0.717) is 0 Å². The van der Waals surface area contributed by atoms with Gasteiger partial charge in [-0.05, 0) is 17.5 Å². The summed E-state index contributed by atoms with van der Waals surface area (Å²) in [6.45, 7) is 1.62. The smallest absolute Gasteiger partial charge is 0.280 e. The third kappa shape index (κ3) is 2.08. The van der Waals surface area contributed by atoms with Crippen LogP contribution in [0.15, 0.2) is 24.3 Å². The highest BCUT2D eigenvalue weighted by Gasteiger charge is 2.15. The van der Waals surface area contributed by atoms with Gasteiger partial charge >= 0.3 is 0 Å². The molecule has 1 aromatic carbocycles. The highest BCUT2D eigenvalue weighted by Crippen LogP contribution is 2.16. The van der Waals surface area contributed by atoms with E-state index in [-0.39, 0.29) is 5.24 Å². The molecule has 0 atom stereocenters. The van der Waals surface area contributed by atoms with Crippen molar-refractivity contribution in [3.05, 3.63) is 35.4 Å². The molecule has 0 saturated carbocycles. The number of hydrogen-bond acceptors (Lipinski definition) is 2. The second kappa shape index (κ2) is 4.02. The van der Waals surface area contributed by atoms with Gasteiger partial charge in [0.1, 0.15) is 0 Å². The van der Waals surface area contributed by atoms with Gasteiger partial charge in [-0.15, -0.1) is 0 Å². The number of amides is 1. The van der Waals surface area contributed by atoms with Crippen LogP contribution in [0, 0.1) is 0 Å². The van der Waals surface area contributed by atoms with E-state index >= 15 is 0 Å². The molecule has 4 heteroatoms. The maximum atomic E-state index is 10.7. The standard InChI is InChI=1S/C10H12N2OS/c13-10(14)11-12-6-5-8-3-1-2-4-9(8)7-12/h1-4H,5-7H2,(H2,11,13,14). The SMILES string of the molecule is O=C(S)NN1CCc2ccccc2C1. The van der Waals surface area contributed by atoms with Crippen LogP contribution in [0.2, 0.25) is 0 Å². The number of hydrazine groups is 1. The van der Waals surface area contributed by atoms with Gasteiger partial charge in [0, 0.05) is 13.1 Å². The van der Waals surface area contributed by atoms with Gasteiger partial charge < -0.3 is 0 Å². The molecule has 0 fully saturated rings. The van der Waals surface area contributed by atoms with Gasteiger partial charge in [0.15, 0.2) is 0 Å². The van der Waals surface area contributed by atoms with E-state index in [1.165, 1.54) is 11.1 Å². The van der Waals surface area contributed by atoms with E-state index < -0.39 is 0 Å². The minimum absolute atomic E-state index is 0.301. The van der Waals surface area contributed by atoms with E-state index in [2.05, 4.69) is 30.2 Å². The summed E-state index contributed by atoms with van der Waals surface area (Å²) in [6.07, 6.45) is 0.976.